The number of benzene rings is 2. The van der Waals surface area contributed by atoms with Crippen LogP contribution in [-0.4, -0.2) is 30.8 Å². The van der Waals surface area contributed by atoms with Crippen molar-refractivity contribution in [2.24, 2.45) is 5.92 Å². The molecule has 6 nitrogen and oxygen atoms in total. The zero-order chi connectivity index (χ0) is 18.7. The highest BCUT2D eigenvalue weighted by molar-refractivity contribution is 6.08. The predicted octanol–water partition coefficient (Wildman–Crippen LogP) is 2.61. The summed E-state index contributed by atoms with van der Waals surface area (Å²) < 4.78 is 10.5. The number of rotatable bonds is 5. The van der Waals surface area contributed by atoms with Gasteiger partial charge in [-0.25, -0.2) is 4.79 Å². The fourth-order valence-electron chi connectivity index (χ4n) is 3.08. The molecule has 0 bridgehead atoms. The fourth-order valence-corrected chi connectivity index (χ4v) is 3.08. The van der Waals surface area contributed by atoms with Gasteiger partial charge in [-0.3, -0.25) is 14.5 Å². The second kappa shape index (κ2) is 7.39. The Bertz CT molecular complexity index is 816. The van der Waals surface area contributed by atoms with Crippen molar-refractivity contribution in [2.45, 2.75) is 19.4 Å². The standard InChI is InChI=1S/C20H19NO5/c1-13(22)17-12-18(23)21(14-8-10-15(25-2)11-9-14)19(17)20(24)26-16-6-4-3-5-7-16/h3-11,17,19H,12H2,1-2H3. The van der Waals surface area contributed by atoms with Gasteiger partial charge >= 0.3 is 5.97 Å². The van der Waals surface area contributed by atoms with Gasteiger partial charge in [-0.05, 0) is 43.3 Å². The Morgan fingerprint density at radius 1 is 1.00 bits per heavy atom. The van der Waals surface area contributed by atoms with Gasteiger partial charge in [0.2, 0.25) is 5.91 Å². The molecular formula is C20H19NO5. The zero-order valence-electron chi connectivity index (χ0n) is 14.5. The van der Waals surface area contributed by atoms with E-state index in [-0.39, 0.29) is 18.1 Å². The minimum atomic E-state index is -0.992. The summed E-state index contributed by atoms with van der Waals surface area (Å²) in [6, 6.07) is 14.4. The van der Waals surface area contributed by atoms with Crippen LogP contribution in [0, 0.1) is 5.92 Å². The van der Waals surface area contributed by atoms with E-state index in [9.17, 15) is 14.4 Å². The van der Waals surface area contributed by atoms with E-state index in [0.717, 1.165) is 0 Å². The molecule has 0 aliphatic carbocycles. The number of ether oxygens (including phenoxy) is 2. The maximum Gasteiger partial charge on any atom is 0.335 e. The molecule has 6 heteroatoms. The maximum absolute atomic E-state index is 12.8. The maximum atomic E-state index is 12.8. The van der Waals surface area contributed by atoms with Crippen LogP contribution in [0.4, 0.5) is 5.69 Å². The van der Waals surface area contributed by atoms with E-state index in [1.807, 2.05) is 0 Å². The molecule has 134 valence electrons. The number of hydrogen-bond acceptors (Lipinski definition) is 5. The van der Waals surface area contributed by atoms with E-state index in [0.29, 0.717) is 17.2 Å². The monoisotopic (exact) mass is 353 g/mol. The van der Waals surface area contributed by atoms with Crippen molar-refractivity contribution < 1.29 is 23.9 Å². The Hall–Kier alpha value is -3.15. The molecule has 0 spiro atoms. The third-order valence-corrected chi connectivity index (χ3v) is 4.40. The number of para-hydroxylation sites is 1. The molecule has 1 heterocycles. The van der Waals surface area contributed by atoms with Gasteiger partial charge in [0.25, 0.3) is 0 Å². The topological polar surface area (TPSA) is 72.9 Å². The zero-order valence-corrected chi connectivity index (χ0v) is 14.5. The number of carbonyl (C=O) groups excluding carboxylic acids is 3. The van der Waals surface area contributed by atoms with Gasteiger partial charge in [-0.15, -0.1) is 0 Å². The summed E-state index contributed by atoms with van der Waals surface area (Å²) in [5.41, 5.74) is 0.523. The molecule has 26 heavy (non-hydrogen) atoms. The van der Waals surface area contributed by atoms with Crippen LogP contribution in [-0.2, 0) is 14.4 Å². The van der Waals surface area contributed by atoms with Crippen LogP contribution in [0.25, 0.3) is 0 Å². The highest BCUT2D eigenvalue weighted by atomic mass is 16.5. The molecule has 1 aliphatic rings. The second-order valence-corrected chi connectivity index (χ2v) is 6.06. The number of hydrogen-bond donors (Lipinski definition) is 0. The van der Waals surface area contributed by atoms with Crippen molar-refractivity contribution in [3.8, 4) is 11.5 Å². The average molecular weight is 353 g/mol. The number of carbonyl (C=O) groups is 3. The molecule has 1 fully saturated rings. The van der Waals surface area contributed by atoms with Gasteiger partial charge < -0.3 is 9.47 Å². The first kappa shape index (κ1) is 17.7. The van der Waals surface area contributed by atoms with Crippen LogP contribution < -0.4 is 14.4 Å². The third kappa shape index (κ3) is 3.44. The quantitative estimate of drug-likeness (QED) is 0.610. The Morgan fingerprint density at radius 2 is 1.65 bits per heavy atom. The number of esters is 1. The van der Waals surface area contributed by atoms with E-state index in [4.69, 9.17) is 9.47 Å². The summed E-state index contributed by atoms with van der Waals surface area (Å²) in [6.45, 7) is 1.39. The van der Waals surface area contributed by atoms with Gasteiger partial charge in [0.1, 0.15) is 23.3 Å². The molecule has 0 aromatic heterocycles. The minimum absolute atomic E-state index is 0.0179. The first-order valence-corrected chi connectivity index (χ1v) is 8.24. The Kier molecular flexibility index (Phi) is 5.02. The summed E-state index contributed by atoms with van der Waals surface area (Å²) in [5.74, 6) is -0.866. The van der Waals surface area contributed by atoms with Gasteiger partial charge in [-0.1, -0.05) is 18.2 Å². The first-order chi connectivity index (χ1) is 12.5. The van der Waals surface area contributed by atoms with E-state index < -0.39 is 17.9 Å². The van der Waals surface area contributed by atoms with Crippen molar-refractivity contribution in [1.29, 1.82) is 0 Å². The summed E-state index contributed by atoms with van der Waals surface area (Å²) in [4.78, 5) is 38.7. The normalized spacial score (nSPS) is 19.3. The largest absolute Gasteiger partial charge is 0.497 e. The van der Waals surface area contributed by atoms with Crippen molar-refractivity contribution in [2.75, 3.05) is 12.0 Å². The molecular weight excluding hydrogens is 334 g/mol. The predicted molar refractivity (Wildman–Crippen MR) is 95.1 cm³/mol. The number of ketones is 1. The minimum Gasteiger partial charge on any atom is -0.497 e. The highest BCUT2D eigenvalue weighted by Gasteiger charge is 2.48. The van der Waals surface area contributed by atoms with Gasteiger partial charge in [0.05, 0.1) is 13.0 Å². The molecule has 0 N–H and O–H groups in total. The molecule has 1 saturated heterocycles. The van der Waals surface area contributed by atoms with Crippen LogP contribution in [0.5, 0.6) is 11.5 Å². The summed E-state index contributed by atoms with van der Waals surface area (Å²) in [5, 5.41) is 0. The van der Waals surface area contributed by atoms with Crippen LogP contribution >= 0.6 is 0 Å². The molecule has 2 unspecified atom stereocenters. The molecule has 0 radical (unpaired) electrons. The van der Waals surface area contributed by atoms with Gasteiger partial charge in [0.15, 0.2) is 0 Å². The number of anilines is 1. The average Bonchev–Trinajstić information content (AvgIpc) is 3.00. The summed E-state index contributed by atoms with van der Waals surface area (Å²) >= 11 is 0. The van der Waals surface area contributed by atoms with Crippen LogP contribution in [0.3, 0.4) is 0 Å². The SMILES string of the molecule is COc1ccc(N2C(=O)CC(C(C)=O)C2C(=O)Oc2ccccc2)cc1. The molecule has 1 amide bonds. The molecule has 1 aliphatic heterocycles. The van der Waals surface area contributed by atoms with Crippen LogP contribution in [0.15, 0.2) is 54.6 Å². The third-order valence-electron chi connectivity index (χ3n) is 4.40. The summed E-state index contributed by atoms with van der Waals surface area (Å²) in [6.07, 6.45) is -0.0179. The van der Waals surface area contributed by atoms with Crippen LogP contribution in [0.1, 0.15) is 13.3 Å². The highest BCUT2D eigenvalue weighted by Crippen LogP contribution is 2.33. The van der Waals surface area contributed by atoms with Crippen molar-refractivity contribution in [1.82, 2.24) is 0 Å². The number of methoxy groups -OCH3 is 1. The first-order valence-electron chi connectivity index (χ1n) is 8.24. The second-order valence-electron chi connectivity index (χ2n) is 6.06. The lowest BCUT2D eigenvalue weighted by atomic mass is 9.96. The smallest absolute Gasteiger partial charge is 0.335 e. The molecule has 2 aromatic carbocycles. The lowest BCUT2D eigenvalue weighted by Crippen LogP contribution is -2.45. The number of Topliss-reactive ketones (excluding diaryl/α,β-unsaturated/α-hetero) is 1. The lowest BCUT2D eigenvalue weighted by molar-refractivity contribution is -0.139. The molecule has 2 atom stereocenters. The van der Waals surface area contributed by atoms with Crippen molar-refractivity contribution in [3.63, 3.8) is 0 Å². The Labute approximate surface area is 151 Å². The van der Waals surface area contributed by atoms with Gasteiger partial charge in [0, 0.05) is 12.1 Å². The van der Waals surface area contributed by atoms with E-state index in [2.05, 4.69) is 0 Å². The number of amides is 1. The molecule has 3 rings (SSSR count). The number of nitrogens with zero attached hydrogens (tertiary/aromatic N) is 1. The molecule has 0 saturated carbocycles. The van der Waals surface area contributed by atoms with E-state index >= 15 is 0 Å². The van der Waals surface area contributed by atoms with E-state index in [1.165, 1.54) is 11.8 Å². The lowest BCUT2D eigenvalue weighted by Gasteiger charge is -2.25. The van der Waals surface area contributed by atoms with E-state index in [1.54, 1.807) is 61.7 Å². The van der Waals surface area contributed by atoms with Crippen molar-refractivity contribution >= 4 is 23.3 Å². The van der Waals surface area contributed by atoms with Gasteiger partial charge in [-0.2, -0.15) is 0 Å². The van der Waals surface area contributed by atoms with Crippen LogP contribution in [0.2, 0.25) is 0 Å². The fraction of sp³-hybridized carbons (Fsp3) is 0.250. The Balaban J connectivity index is 1.93. The molecule has 2 aromatic rings. The summed E-state index contributed by atoms with van der Waals surface area (Å²) in [7, 11) is 1.54. The Morgan fingerprint density at radius 3 is 2.23 bits per heavy atom. The van der Waals surface area contributed by atoms with Crippen molar-refractivity contribution in [3.05, 3.63) is 54.6 Å².